The van der Waals surface area contributed by atoms with Gasteiger partial charge >= 0.3 is 0 Å². The van der Waals surface area contributed by atoms with E-state index < -0.39 is 6.10 Å². The van der Waals surface area contributed by atoms with Crippen LogP contribution in [0.1, 0.15) is 25.3 Å². The molecule has 1 aliphatic heterocycles. The molecule has 0 aliphatic carbocycles. The fourth-order valence-electron chi connectivity index (χ4n) is 2.41. The Morgan fingerprint density at radius 1 is 1.55 bits per heavy atom. The minimum atomic E-state index is -0.501. The number of ether oxygens (including phenoxy) is 1. The molecule has 2 atom stereocenters. The van der Waals surface area contributed by atoms with E-state index in [4.69, 9.17) is 10.5 Å². The molecule has 1 aromatic carbocycles. The van der Waals surface area contributed by atoms with Crippen LogP contribution in [0.2, 0.25) is 0 Å². The molecule has 20 heavy (non-hydrogen) atoms. The van der Waals surface area contributed by atoms with Crippen LogP contribution in [0.15, 0.2) is 22.7 Å². The molecule has 0 saturated carbocycles. The number of piperidine rings is 1. The van der Waals surface area contributed by atoms with E-state index in [1.807, 2.05) is 25.1 Å². The fourth-order valence-corrected chi connectivity index (χ4v) is 3.00. The molecule has 1 fully saturated rings. The summed E-state index contributed by atoms with van der Waals surface area (Å²) < 4.78 is 6.64. The number of carbonyl (C=O) groups excluding carboxylic acids is 1. The van der Waals surface area contributed by atoms with Crippen LogP contribution in [0.25, 0.3) is 0 Å². The molecule has 1 saturated heterocycles. The Bertz CT molecular complexity index is 493. The van der Waals surface area contributed by atoms with Gasteiger partial charge in [0.25, 0.3) is 5.91 Å². The summed E-state index contributed by atoms with van der Waals surface area (Å²) >= 11 is 3.46. The monoisotopic (exact) mass is 340 g/mol. The second-order valence-corrected chi connectivity index (χ2v) is 6.23. The van der Waals surface area contributed by atoms with Gasteiger partial charge in [0, 0.05) is 19.1 Å². The zero-order chi connectivity index (χ0) is 14.7. The number of benzene rings is 1. The van der Waals surface area contributed by atoms with Crippen molar-refractivity contribution in [3.05, 3.63) is 28.2 Å². The van der Waals surface area contributed by atoms with E-state index in [2.05, 4.69) is 15.9 Å². The van der Waals surface area contributed by atoms with Gasteiger partial charge < -0.3 is 15.4 Å². The third-order valence-electron chi connectivity index (χ3n) is 3.51. The standard InChI is InChI=1S/C15H21BrN2O2/c1-10-5-6-14(13(16)8-10)20-11(2)15(19)18-7-3-4-12(17)9-18/h5-6,8,11-12H,3-4,7,9,17H2,1-2H3/t11-,12-/m1/s1. The molecule has 2 N–H and O–H groups in total. The molecule has 4 nitrogen and oxygen atoms in total. The van der Waals surface area contributed by atoms with Crippen LogP contribution in [0.3, 0.4) is 0 Å². The van der Waals surface area contributed by atoms with Gasteiger partial charge in [-0.1, -0.05) is 6.07 Å². The maximum atomic E-state index is 12.4. The Hall–Kier alpha value is -1.07. The first kappa shape index (κ1) is 15.3. The molecule has 5 heteroatoms. The van der Waals surface area contributed by atoms with Crippen molar-refractivity contribution in [3.8, 4) is 5.75 Å². The molecule has 110 valence electrons. The highest BCUT2D eigenvalue weighted by atomic mass is 79.9. The van der Waals surface area contributed by atoms with Gasteiger partial charge in [-0.15, -0.1) is 0 Å². The average Bonchev–Trinajstić information content (AvgIpc) is 2.41. The molecule has 1 aromatic rings. The van der Waals surface area contributed by atoms with Crippen molar-refractivity contribution in [1.29, 1.82) is 0 Å². The van der Waals surface area contributed by atoms with Crippen LogP contribution < -0.4 is 10.5 Å². The largest absolute Gasteiger partial charge is 0.480 e. The van der Waals surface area contributed by atoms with Crippen molar-refractivity contribution in [2.45, 2.75) is 38.8 Å². The topological polar surface area (TPSA) is 55.6 Å². The van der Waals surface area contributed by atoms with Gasteiger partial charge in [-0.05, 0) is 60.3 Å². The second-order valence-electron chi connectivity index (χ2n) is 5.38. The van der Waals surface area contributed by atoms with E-state index in [9.17, 15) is 4.79 Å². The van der Waals surface area contributed by atoms with E-state index in [0.717, 1.165) is 29.4 Å². The molecular weight excluding hydrogens is 320 g/mol. The van der Waals surface area contributed by atoms with E-state index in [1.165, 1.54) is 0 Å². The molecule has 0 bridgehead atoms. The number of halogens is 1. The van der Waals surface area contributed by atoms with Crippen molar-refractivity contribution < 1.29 is 9.53 Å². The Morgan fingerprint density at radius 3 is 2.95 bits per heavy atom. The van der Waals surface area contributed by atoms with Crippen molar-refractivity contribution in [3.63, 3.8) is 0 Å². The Labute approximate surface area is 128 Å². The number of amides is 1. The summed E-state index contributed by atoms with van der Waals surface area (Å²) in [6.45, 7) is 5.20. The quantitative estimate of drug-likeness (QED) is 0.919. The fraction of sp³-hybridized carbons (Fsp3) is 0.533. The number of nitrogens with zero attached hydrogens (tertiary/aromatic N) is 1. The predicted octanol–water partition coefficient (Wildman–Crippen LogP) is 2.47. The summed E-state index contributed by atoms with van der Waals surface area (Å²) in [5.41, 5.74) is 7.06. The molecule has 1 aliphatic rings. The summed E-state index contributed by atoms with van der Waals surface area (Å²) in [5, 5.41) is 0. The van der Waals surface area contributed by atoms with Gasteiger partial charge in [0.1, 0.15) is 5.75 Å². The number of hydrogen-bond donors (Lipinski definition) is 1. The average molecular weight is 341 g/mol. The molecule has 1 amide bonds. The smallest absolute Gasteiger partial charge is 0.263 e. The lowest BCUT2D eigenvalue weighted by molar-refractivity contribution is -0.139. The van der Waals surface area contributed by atoms with Gasteiger partial charge in [-0.3, -0.25) is 4.79 Å². The summed E-state index contributed by atoms with van der Waals surface area (Å²) in [6.07, 6.45) is 1.45. The number of rotatable bonds is 3. The van der Waals surface area contributed by atoms with Crippen LogP contribution in [-0.2, 0) is 4.79 Å². The predicted molar refractivity (Wildman–Crippen MR) is 82.8 cm³/mol. The lowest BCUT2D eigenvalue weighted by atomic mass is 10.1. The molecule has 1 heterocycles. The summed E-state index contributed by atoms with van der Waals surface area (Å²) in [5.74, 6) is 0.699. The SMILES string of the molecule is Cc1ccc(O[C@H](C)C(=O)N2CCC[C@@H](N)C2)c(Br)c1. The number of hydrogen-bond acceptors (Lipinski definition) is 3. The minimum Gasteiger partial charge on any atom is -0.480 e. The van der Waals surface area contributed by atoms with E-state index in [-0.39, 0.29) is 11.9 Å². The van der Waals surface area contributed by atoms with E-state index in [0.29, 0.717) is 12.3 Å². The maximum Gasteiger partial charge on any atom is 0.263 e. The lowest BCUT2D eigenvalue weighted by Gasteiger charge is -2.32. The number of carbonyl (C=O) groups is 1. The van der Waals surface area contributed by atoms with Crippen LogP contribution in [-0.4, -0.2) is 36.0 Å². The summed E-state index contributed by atoms with van der Waals surface area (Å²) in [6, 6.07) is 5.91. The number of aryl methyl sites for hydroxylation is 1. The summed E-state index contributed by atoms with van der Waals surface area (Å²) in [7, 11) is 0. The highest BCUT2D eigenvalue weighted by Crippen LogP contribution is 2.27. The third-order valence-corrected chi connectivity index (χ3v) is 4.13. The number of likely N-dealkylation sites (tertiary alicyclic amines) is 1. The van der Waals surface area contributed by atoms with Crippen molar-refractivity contribution >= 4 is 21.8 Å². The van der Waals surface area contributed by atoms with Gasteiger partial charge in [0.2, 0.25) is 0 Å². The highest BCUT2D eigenvalue weighted by molar-refractivity contribution is 9.10. The molecule has 0 aromatic heterocycles. The van der Waals surface area contributed by atoms with Crippen molar-refractivity contribution in [1.82, 2.24) is 4.90 Å². The molecule has 0 radical (unpaired) electrons. The third kappa shape index (κ3) is 3.73. The Balaban J connectivity index is 2.00. The Morgan fingerprint density at radius 2 is 2.30 bits per heavy atom. The van der Waals surface area contributed by atoms with Gasteiger partial charge in [0.15, 0.2) is 6.10 Å². The first-order valence-electron chi connectivity index (χ1n) is 6.94. The van der Waals surface area contributed by atoms with E-state index in [1.54, 1.807) is 11.8 Å². The van der Waals surface area contributed by atoms with E-state index >= 15 is 0 Å². The Kier molecular flexibility index (Phi) is 5.05. The highest BCUT2D eigenvalue weighted by Gasteiger charge is 2.26. The maximum absolute atomic E-state index is 12.4. The van der Waals surface area contributed by atoms with Crippen LogP contribution >= 0.6 is 15.9 Å². The first-order valence-corrected chi connectivity index (χ1v) is 7.74. The van der Waals surface area contributed by atoms with Gasteiger partial charge in [0.05, 0.1) is 4.47 Å². The minimum absolute atomic E-state index is 0.00706. The molecular formula is C15H21BrN2O2. The normalized spacial score (nSPS) is 20.6. The van der Waals surface area contributed by atoms with Gasteiger partial charge in [-0.25, -0.2) is 0 Å². The van der Waals surface area contributed by atoms with Crippen LogP contribution in [0.5, 0.6) is 5.75 Å². The lowest BCUT2D eigenvalue weighted by Crippen LogP contribution is -2.49. The summed E-state index contributed by atoms with van der Waals surface area (Å²) in [4.78, 5) is 14.2. The van der Waals surface area contributed by atoms with Crippen molar-refractivity contribution in [2.75, 3.05) is 13.1 Å². The van der Waals surface area contributed by atoms with Gasteiger partial charge in [-0.2, -0.15) is 0 Å². The molecule has 0 spiro atoms. The zero-order valence-electron chi connectivity index (χ0n) is 11.9. The van der Waals surface area contributed by atoms with Crippen LogP contribution in [0, 0.1) is 6.92 Å². The zero-order valence-corrected chi connectivity index (χ0v) is 13.5. The number of nitrogens with two attached hydrogens (primary N) is 1. The molecule has 2 rings (SSSR count). The van der Waals surface area contributed by atoms with Crippen molar-refractivity contribution in [2.24, 2.45) is 5.73 Å². The van der Waals surface area contributed by atoms with Crippen LogP contribution in [0.4, 0.5) is 0 Å². The first-order chi connectivity index (χ1) is 9.47. The second kappa shape index (κ2) is 6.59. The molecule has 0 unspecified atom stereocenters.